The van der Waals surface area contributed by atoms with E-state index in [1.807, 2.05) is 38.1 Å². The number of hydrogen-bond donors (Lipinski definition) is 1. The highest BCUT2D eigenvalue weighted by Gasteiger charge is 2.13. The summed E-state index contributed by atoms with van der Waals surface area (Å²) in [5.74, 6) is 0.195. The van der Waals surface area contributed by atoms with Crippen LogP contribution in [0.5, 0.6) is 0 Å². The van der Waals surface area contributed by atoms with Crippen molar-refractivity contribution in [3.8, 4) is 0 Å². The summed E-state index contributed by atoms with van der Waals surface area (Å²) >= 11 is 0. The Bertz CT molecular complexity index is 632. The maximum Gasteiger partial charge on any atom is 0.227 e. The monoisotopic (exact) mass is 294 g/mol. The lowest BCUT2D eigenvalue weighted by Crippen LogP contribution is -2.12. The highest BCUT2D eigenvalue weighted by molar-refractivity contribution is 5.95. The Labute approximate surface area is 124 Å². The van der Waals surface area contributed by atoms with Gasteiger partial charge in [0.2, 0.25) is 5.91 Å². The second-order valence-corrected chi connectivity index (χ2v) is 4.83. The third kappa shape index (κ3) is 3.39. The smallest absolute Gasteiger partial charge is 0.227 e. The van der Waals surface area contributed by atoms with Gasteiger partial charge in [-0.15, -0.1) is 12.4 Å². The fraction of sp³-hybridized carbons (Fsp3) is 0.333. The maximum atomic E-state index is 11.6. The predicted octanol–water partition coefficient (Wildman–Crippen LogP) is 3.67. The molecule has 0 atom stereocenters. The molecule has 1 aromatic carbocycles. The normalized spacial score (nSPS) is 10.4. The quantitative estimate of drug-likeness (QED) is 0.693. The summed E-state index contributed by atoms with van der Waals surface area (Å²) in [7, 11) is 0. The lowest BCUT2D eigenvalue weighted by molar-refractivity contribution is 0.0941. The van der Waals surface area contributed by atoms with Crippen molar-refractivity contribution < 1.29 is 9.53 Å². The lowest BCUT2D eigenvalue weighted by Gasteiger charge is -2.09. The van der Waals surface area contributed by atoms with Gasteiger partial charge in [-0.1, -0.05) is 18.2 Å². The number of aromatic nitrogens is 1. The molecular formula is C15H19ClN2O2. The van der Waals surface area contributed by atoms with Crippen LogP contribution in [0.3, 0.4) is 0 Å². The number of nitrogens with one attached hydrogen (secondary N) is 1. The van der Waals surface area contributed by atoms with E-state index < -0.39 is 0 Å². The van der Waals surface area contributed by atoms with Crippen molar-refractivity contribution in [2.75, 3.05) is 0 Å². The minimum atomic E-state index is -0.0289. The zero-order valence-electron chi connectivity index (χ0n) is 11.8. The Kier molecular flexibility index (Phi) is 5.34. The van der Waals surface area contributed by atoms with E-state index in [4.69, 9.17) is 10.1 Å². The van der Waals surface area contributed by atoms with Crippen LogP contribution in [0.15, 0.2) is 30.5 Å². The number of rotatable bonds is 3. The standard InChI is InChI=1S/C15H18N2O2.ClH/c1-10(2)19-15(16)8-12-9-17(11(3)18)14-7-5-4-6-13(12)14;/h4-7,9-10,16H,8H2,1-3H3;1H. The molecule has 108 valence electrons. The molecule has 0 unspecified atom stereocenters. The molecule has 0 bridgehead atoms. The molecule has 4 nitrogen and oxygen atoms in total. The molecule has 0 fully saturated rings. The molecule has 0 amide bonds. The summed E-state index contributed by atoms with van der Waals surface area (Å²) in [4.78, 5) is 11.6. The maximum absolute atomic E-state index is 11.6. The fourth-order valence-electron chi connectivity index (χ4n) is 2.15. The molecule has 0 aliphatic carbocycles. The van der Waals surface area contributed by atoms with Crippen molar-refractivity contribution in [1.29, 1.82) is 5.41 Å². The molecular weight excluding hydrogens is 276 g/mol. The summed E-state index contributed by atoms with van der Waals surface area (Å²) in [6.07, 6.45) is 2.19. The first-order valence-electron chi connectivity index (χ1n) is 6.33. The van der Waals surface area contributed by atoms with E-state index in [2.05, 4.69) is 0 Å². The van der Waals surface area contributed by atoms with E-state index in [-0.39, 0.29) is 30.3 Å². The molecule has 0 aliphatic heterocycles. The molecule has 2 rings (SSSR count). The van der Waals surface area contributed by atoms with E-state index in [9.17, 15) is 4.79 Å². The van der Waals surface area contributed by atoms with Gasteiger partial charge in [-0.05, 0) is 25.5 Å². The van der Waals surface area contributed by atoms with Gasteiger partial charge in [0.15, 0.2) is 5.90 Å². The van der Waals surface area contributed by atoms with Gasteiger partial charge < -0.3 is 4.74 Å². The van der Waals surface area contributed by atoms with E-state index in [0.29, 0.717) is 6.42 Å². The molecule has 0 saturated heterocycles. The molecule has 0 radical (unpaired) electrons. The van der Waals surface area contributed by atoms with Crippen molar-refractivity contribution >= 4 is 35.1 Å². The largest absolute Gasteiger partial charge is 0.478 e. The number of halogens is 1. The fourth-order valence-corrected chi connectivity index (χ4v) is 2.15. The van der Waals surface area contributed by atoms with Crippen LogP contribution >= 0.6 is 12.4 Å². The van der Waals surface area contributed by atoms with Gasteiger partial charge in [-0.3, -0.25) is 14.8 Å². The SMILES string of the molecule is CC(=O)n1cc(CC(=N)OC(C)C)c2ccccc21.Cl. The second kappa shape index (κ2) is 6.57. The molecule has 1 N–H and O–H groups in total. The van der Waals surface area contributed by atoms with Gasteiger partial charge in [0.05, 0.1) is 18.0 Å². The minimum Gasteiger partial charge on any atom is -0.478 e. The Morgan fingerprint density at radius 3 is 2.60 bits per heavy atom. The first-order valence-corrected chi connectivity index (χ1v) is 6.33. The first-order chi connectivity index (χ1) is 8.99. The molecule has 0 aliphatic rings. The number of para-hydroxylation sites is 1. The molecule has 1 aromatic heterocycles. The third-order valence-electron chi connectivity index (χ3n) is 2.86. The first kappa shape index (κ1) is 16.2. The summed E-state index contributed by atoms with van der Waals surface area (Å²) < 4.78 is 6.98. The van der Waals surface area contributed by atoms with Crippen LogP contribution in [0.25, 0.3) is 10.9 Å². The van der Waals surface area contributed by atoms with E-state index in [1.165, 1.54) is 6.92 Å². The van der Waals surface area contributed by atoms with Gasteiger partial charge in [-0.25, -0.2) is 0 Å². The number of ether oxygens (including phenoxy) is 1. The van der Waals surface area contributed by atoms with Gasteiger partial charge in [-0.2, -0.15) is 0 Å². The zero-order chi connectivity index (χ0) is 14.0. The second-order valence-electron chi connectivity index (χ2n) is 4.83. The van der Waals surface area contributed by atoms with E-state index in [0.717, 1.165) is 16.5 Å². The average Bonchev–Trinajstić information content (AvgIpc) is 2.67. The summed E-state index contributed by atoms with van der Waals surface area (Å²) in [5, 5.41) is 8.83. The zero-order valence-corrected chi connectivity index (χ0v) is 12.7. The summed E-state index contributed by atoms with van der Waals surface area (Å²) in [6.45, 7) is 5.33. The van der Waals surface area contributed by atoms with Crippen LogP contribution in [0.2, 0.25) is 0 Å². The summed E-state index contributed by atoms with van der Waals surface area (Å²) in [6, 6.07) is 7.71. The van der Waals surface area contributed by atoms with Gasteiger partial charge in [0, 0.05) is 18.5 Å². The van der Waals surface area contributed by atoms with Crippen molar-refractivity contribution in [2.24, 2.45) is 0 Å². The lowest BCUT2D eigenvalue weighted by atomic mass is 10.1. The number of hydrogen-bond acceptors (Lipinski definition) is 3. The van der Waals surface area contributed by atoms with Crippen LogP contribution in [-0.4, -0.2) is 22.5 Å². The molecule has 0 spiro atoms. The molecule has 20 heavy (non-hydrogen) atoms. The van der Waals surface area contributed by atoms with Crippen LogP contribution in [0.1, 0.15) is 31.1 Å². The Morgan fingerprint density at radius 2 is 2.00 bits per heavy atom. The van der Waals surface area contributed by atoms with Crippen LogP contribution in [-0.2, 0) is 11.2 Å². The van der Waals surface area contributed by atoms with Gasteiger partial charge in [0.1, 0.15) is 0 Å². The Balaban J connectivity index is 0.00000200. The predicted molar refractivity (Wildman–Crippen MR) is 83.1 cm³/mol. The molecule has 5 heteroatoms. The minimum absolute atomic E-state index is 0. The summed E-state index contributed by atoms with van der Waals surface area (Å²) in [5.41, 5.74) is 1.82. The number of carbonyl (C=O) groups excluding carboxylic acids is 1. The topological polar surface area (TPSA) is 55.1 Å². The van der Waals surface area contributed by atoms with Crippen molar-refractivity contribution in [1.82, 2.24) is 4.57 Å². The third-order valence-corrected chi connectivity index (χ3v) is 2.86. The number of benzene rings is 1. The average molecular weight is 295 g/mol. The Hall–Kier alpha value is -1.81. The van der Waals surface area contributed by atoms with Crippen LogP contribution < -0.4 is 0 Å². The van der Waals surface area contributed by atoms with Crippen molar-refractivity contribution in [3.63, 3.8) is 0 Å². The van der Waals surface area contributed by atoms with E-state index >= 15 is 0 Å². The number of fused-ring (bicyclic) bond motifs is 1. The van der Waals surface area contributed by atoms with Gasteiger partial charge >= 0.3 is 0 Å². The molecule has 1 heterocycles. The highest BCUT2D eigenvalue weighted by atomic mass is 35.5. The van der Waals surface area contributed by atoms with Crippen molar-refractivity contribution in [2.45, 2.75) is 33.3 Å². The van der Waals surface area contributed by atoms with Crippen molar-refractivity contribution in [3.05, 3.63) is 36.0 Å². The number of nitrogens with zero attached hydrogens (tertiary/aromatic N) is 1. The Morgan fingerprint density at radius 1 is 1.35 bits per heavy atom. The van der Waals surface area contributed by atoms with E-state index in [1.54, 1.807) is 10.8 Å². The number of carbonyl (C=O) groups is 1. The highest BCUT2D eigenvalue weighted by Crippen LogP contribution is 2.22. The van der Waals surface area contributed by atoms with Crippen LogP contribution in [0, 0.1) is 5.41 Å². The van der Waals surface area contributed by atoms with Gasteiger partial charge in [0.25, 0.3) is 0 Å². The molecule has 2 aromatic rings. The van der Waals surface area contributed by atoms with Crippen LogP contribution in [0.4, 0.5) is 0 Å². The molecule has 0 saturated carbocycles.